The Balaban J connectivity index is 2.04. The van der Waals surface area contributed by atoms with Crippen LogP contribution >= 0.6 is 8.60 Å². The van der Waals surface area contributed by atoms with Crippen molar-refractivity contribution in [3.63, 3.8) is 0 Å². The van der Waals surface area contributed by atoms with E-state index in [1.807, 2.05) is 0 Å². The molecule has 0 spiro atoms. The lowest BCUT2D eigenvalue weighted by atomic mass is 9.97. The van der Waals surface area contributed by atoms with Crippen LogP contribution in [0.1, 0.15) is 40.0 Å². The van der Waals surface area contributed by atoms with Crippen LogP contribution in [-0.4, -0.2) is 19.8 Å². The van der Waals surface area contributed by atoms with Gasteiger partial charge in [-0.25, -0.2) is 0 Å². The van der Waals surface area contributed by atoms with Gasteiger partial charge < -0.3 is 13.6 Å². The van der Waals surface area contributed by atoms with Crippen molar-refractivity contribution in [3.05, 3.63) is 0 Å². The summed E-state index contributed by atoms with van der Waals surface area (Å²) in [6, 6.07) is 0. The first-order valence-electron chi connectivity index (χ1n) is 5.33. The standard InChI is InChI=1S/C10H21O3P/c1-4-5-6-7-11-14-12-8-10(2,3)9-13-14/h4-9H2,1-3H3. The minimum absolute atomic E-state index is 0.144. The molecule has 1 aliphatic heterocycles. The Hall–Kier alpha value is 0.310. The molecule has 0 N–H and O–H groups in total. The van der Waals surface area contributed by atoms with E-state index in [0.717, 1.165) is 26.2 Å². The Kier molecular flexibility index (Phi) is 5.32. The molecule has 0 aromatic carbocycles. The fourth-order valence-electron chi connectivity index (χ4n) is 1.10. The zero-order valence-electron chi connectivity index (χ0n) is 9.41. The van der Waals surface area contributed by atoms with E-state index >= 15 is 0 Å². The van der Waals surface area contributed by atoms with Gasteiger partial charge >= 0.3 is 8.60 Å². The molecular formula is C10H21O3P. The van der Waals surface area contributed by atoms with E-state index in [0.29, 0.717) is 0 Å². The second kappa shape index (κ2) is 6.02. The Labute approximate surface area is 88.1 Å². The molecule has 0 atom stereocenters. The highest BCUT2D eigenvalue weighted by molar-refractivity contribution is 7.41. The molecule has 1 fully saturated rings. The zero-order valence-corrected chi connectivity index (χ0v) is 10.3. The van der Waals surface area contributed by atoms with Crippen molar-refractivity contribution in [1.29, 1.82) is 0 Å². The monoisotopic (exact) mass is 220 g/mol. The third-order valence-corrected chi connectivity index (χ3v) is 3.14. The predicted molar refractivity (Wildman–Crippen MR) is 58.1 cm³/mol. The summed E-state index contributed by atoms with van der Waals surface area (Å²) in [4.78, 5) is 0. The minimum Gasteiger partial charge on any atom is -0.312 e. The van der Waals surface area contributed by atoms with Crippen LogP contribution < -0.4 is 0 Å². The summed E-state index contributed by atoms with van der Waals surface area (Å²) < 4.78 is 16.5. The highest BCUT2D eigenvalue weighted by atomic mass is 31.2. The molecule has 0 aromatic rings. The van der Waals surface area contributed by atoms with E-state index < -0.39 is 8.60 Å². The van der Waals surface area contributed by atoms with Crippen LogP contribution in [0.25, 0.3) is 0 Å². The Bertz CT molecular complexity index is 151. The van der Waals surface area contributed by atoms with Crippen molar-refractivity contribution in [2.24, 2.45) is 5.41 Å². The van der Waals surface area contributed by atoms with Crippen molar-refractivity contribution in [1.82, 2.24) is 0 Å². The molecular weight excluding hydrogens is 199 g/mol. The highest BCUT2D eigenvalue weighted by Gasteiger charge is 2.29. The summed E-state index contributed by atoms with van der Waals surface area (Å²) in [6.07, 6.45) is 3.54. The Morgan fingerprint density at radius 3 is 2.43 bits per heavy atom. The van der Waals surface area contributed by atoms with Crippen LogP contribution in [0.3, 0.4) is 0 Å². The molecule has 84 valence electrons. The lowest BCUT2D eigenvalue weighted by molar-refractivity contribution is 0.0275. The van der Waals surface area contributed by atoms with Crippen LogP contribution in [0, 0.1) is 5.41 Å². The average Bonchev–Trinajstić information content (AvgIpc) is 2.15. The van der Waals surface area contributed by atoms with Gasteiger partial charge in [0.15, 0.2) is 0 Å². The number of unbranched alkanes of at least 4 members (excludes halogenated alkanes) is 2. The van der Waals surface area contributed by atoms with E-state index in [1.54, 1.807) is 0 Å². The molecule has 0 aromatic heterocycles. The van der Waals surface area contributed by atoms with Gasteiger partial charge in [0.2, 0.25) is 0 Å². The quantitative estimate of drug-likeness (QED) is 0.524. The Morgan fingerprint density at radius 2 is 1.86 bits per heavy atom. The molecule has 0 saturated carbocycles. The summed E-state index contributed by atoms with van der Waals surface area (Å²) in [5, 5.41) is 0. The largest absolute Gasteiger partial charge is 0.332 e. The van der Waals surface area contributed by atoms with Crippen molar-refractivity contribution in [3.8, 4) is 0 Å². The minimum atomic E-state index is -1.05. The van der Waals surface area contributed by atoms with Gasteiger partial charge in [0, 0.05) is 5.41 Å². The average molecular weight is 220 g/mol. The smallest absolute Gasteiger partial charge is 0.312 e. The molecule has 4 heteroatoms. The van der Waals surface area contributed by atoms with E-state index in [2.05, 4.69) is 20.8 Å². The molecule has 0 amide bonds. The van der Waals surface area contributed by atoms with Gasteiger partial charge in [0.1, 0.15) is 0 Å². The molecule has 0 radical (unpaired) electrons. The summed E-state index contributed by atoms with van der Waals surface area (Å²) in [7, 11) is -1.05. The van der Waals surface area contributed by atoms with Gasteiger partial charge in [-0.3, -0.25) is 0 Å². The normalized spacial score (nSPS) is 22.5. The SMILES string of the molecule is CCCCCOP1OCC(C)(C)CO1. The van der Waals surface area contributed by atoms with Gasteiger partial charge in [-0.1, -0.05) is 33.6 Å². The molecule has 0 unspecified atom stereocenters. The third-order valence-electron chi connectivity index (χ3n) is 2.07. The first kappa shape index (κ1) is 12.4. The van der Waals surface area contributed by atoms with Gasteiger partial charge in [-0.15, -0.1) is 0 Å². The summed E-state index contributed by atoms with van der Waals surface area (Å²) in [6.45, 7) is 8.70. The first-order valence-corrected chi connectivity index (χ1v) is 6.42. The van der Waals surface area contributed by atoms with Gasteiger partial charge in [0.25, 0.3) is 0 Å². The maximum Gasteiger partial charge on any atom is 0.332 e. The molecule has 1 rings (SSSR count). The van der Waals surface area contributed by atoms with Crippen LogP contribution in [-0.2, 0) is 13.6 Å². The second-order valence-electron chi connectivity index (χ2n) is 4.48. The van der Waals surface area contributed by atoms with Gasteiger partial charge in [-0.2, -0.15) is 0 Å². The van der Waals surface area contributed by atoms with Crippen LogP contribution in [0.15, 0.2) is 0 Å². The summed E-state index contributed by atoms with van der Waals surface area (Å²) in [5.74, 6) is 0. The molecule has 1 aliphatic rings. The van der Waals surface area contributed by atoms with Crippen LogP contribution in [0.4, 0.5) is 0 Å². The summed E-state index contributed by atoms with van der Waals surface area (Å²) in [5.41, 5.74) is 0.144. The zero-order chi connectivity index (χ0) is 10.4. The van der Waals surface area contributed by atoms with Crippen LogP contribution in [0.5, 0.6) is 0 Å². The maximum absolute atomic E-state index is 5.50. The molecule has 1 saturated heterocycles. The van der Waals surface area contributed by atoms with Gasteiger partial charge in [0.05, 0.1) is 19.8 Å². The fourth-order valence-corrected chi connectivity index (χ4v) is 2.51. The highest BCUT2D eigenvalue weighted by Crippen LogP contribution is 2.46. The topological polar surface area (TPSA) is 27.7 Å². The number of hydrogen-bond acceptors (Lipinski definition) is 3. The molecule has 1 heterocycles. The van der Waals surface area contributed by atoms with Crippen molar-refractivity contribution >= 4 is 8.60 Å². The molecule has 0 bridgehead atoms. The first-order chi connectivity index (χ1) is 6.64. The van der Waals surface area contributed by atoms with Crippen molar-refractivity contribution < 1.29 is 13.6 Å². The van der Waals surface area contributed by atoms with E-state index in [4.69, 9.17) is 13.6 Å². The predicted octanol–water partition coefficient (Wildman–Crippen LogP) is 3.49. The maximum atomic E-state index is 5.50. The Morgan fingerprint density at radius 1 is 1.21 bits per heavy atom. The molecule has 0 aliphatic carbocycles. The van der Waals surface area contributed by atoms with E-state index in [9.17, 15) is 0 Å². The van der Waals surface area contributed by atoms with E-state index in [1.165, 1.54) is 12.8 Å². The van der Waals surface area contributed by atoms with Crippen LogP contribution in [0.2, 0.25) is 0 Å². The number of rotatable bonds is 5. The van der Waals surface area contributed by atoms with Crippen molar-refractivity contribution in [2.75, 3.05) is 19.8 Å². The fraction of sp³-hybridized carbons (Fsp3) is 1.00. The van der Waals surface area contributed by atoms with Gasteiger partial charge in [-0.05, 0) is 6.42 Å². The number of hydrogen-bond donors (Lipinski definition) is 0. The molecule has 14 heavy (non-hydrogen) atoms. The lowest BCUT2D eigenvalue weighted by Crippen LogP contribution is -2.28. The third kappa shape index (κ3) is 4.70. The van der Waals surface area contributed by atoms with Crippen molar-refractivity contribution in [2.45, 2.75) is 40.0 Å². The lowest BCUT2D eigenvalue weighted by Gasteiger charge is -2.32. The second-order valence-corrected chi connectivity index (χ2v) is 5.70. The summed E-state index contributed by atoms with van der Waals surface area (Å²) >= 11 is 0. The molecule has 3 nitrogen and oxygen atoms in total. The van der Waals surface area contributed by atoms with E-state index in [-0.39, 0.29) is 5.41 Å².